The molecule has 0 aliphatic rings. The highest BCUT2D eigenvalue weighted by Crippen LogP contribution is 2.36. The van der Waals surface area contributed by atoms with Crippen molar-refractivity contribution in [3.8, 4) is 23.0 Å². The van der Waals surface area contributed by atoms with Gasteiger partial charge in [-0.1, -0.05) is 28.9 Å². The highest BCUT2D eigenvalue weighted by atomic mass is 35.5. The maximum atomic E-state index is 8.65. The fourth-order valence-electron chi connectivity index (χ4n) is 2.17. The van der Waals surface area contributed by atoms with Crippen molar-refractivity contribution in [1.82, 2.24) is 0 Å². The number of rotatable bonds is 9. The van der Waals surface area contributed by atoms with E-state index in [-0.39, 0.29) is 6.61 Å². The molecular weight excluding hydrogens is 346 g/mol. The van der Waals surface area contributed by atoms with Crippen LogP contribution in [0, 0.1) is 0 Å². The number of halogens is 1. The minimum Gasteiger partial charge on any atom is -0.493 e. The molecule has 0 unspecified atom stereocenters. The fourth-order valence-corrected chi connectivity index (χ4v) is 2.44. The van der Waals surface area contributed by atoms with E-state index in [1.807, 2.05) is 31.2 Å². The van der Waals surface area contributed by atoms with Gasteiger partial charge in [-0.2, -0.15) is 0 Å². The minimum atomic E-state index is 0.269. The number of benzene rings is 2. The van der Waals surface area contributed by atoms with Gasteiger partial charge < -0.3 is 24.2 Å². The summed E-state index contributed by atoms with van der Waals surface area (Å²) < 4.78 is 22.2. The molecule has 0 heterocycles. The molecule has 1 N–H and O–H groups in total. The molecule has 0 aliphatic carbocycles. The second-order valence-corrected chi connectivity index (χ2v) is 5.26. The predicted octanol–water partition coefficient (Wildman–Crippen LogP) is 4.01. The van der Waals surface area contributed by atoms with Gasteiger partial charge in [0.2, 0.25) is 0 Å². The zero-order valence-corrected chi connectivity index (χ0v) is 14.8. The Morgan fingerprint density at radius 1 is 1.04 bits per heavy atom. The van der Waals surface area contributed by atoms with Crippen LogP contribution in [0.3, 0.4) is 0 Å². The van der Waals surface area contributed by atoms with Gasteiger partial charge in [-0.05, 0) is 31.2 Å². The summed E-state index contributed by atoms with van der Waals surface area (Å²) >= 11 is 6.24. The van der Waals surface area contributed by atoms with Gasteiger partial charge in [0.05, 0.1) is 25.0 Å². The first-order valence-corrected chi connectivity index (χ1v) is 8.09. The van der Waals surface area contributed by atoms with Crippen LogP contribution in [-0.4, -0.2) is 38.4 Å². The maximum absolute atomic E-state index is 8.65. The lowest BCUT2D eigenvalue weighted by Crippen LogP contribution is -2.11. The van der Waals surface area contributed by atoms with E-state index in [0.29, 0.717) is 46.8 Å². The van der Waals surface area contributed by atoms with Crippen molar-refractivity contribution >= 4 is 17.8 Å². The summed E-state index contributed by atoms with van der Waals surface area (Å²) in [5, 5.41) is 12.0. The van der Waals surface area contributed by atoms with E-state index in [1.165, 1.54) is 6.21 Å². The predicted molar refractivity (Wildman–Crippen MR) is 96.0 cm³/mol. The highest BCUT2D eigenvalue weighted by Gasteiger charge is 2.12. The fraction of sp³-hybridized carbons (Fsp3) is 0.278. The second kappa shape index (κ2) is 9.64. The van der Waals surface area contributed by atoms with Gasteiger partial charge in [0.25, 0.3) is 0 Å². The number of para-hydroxylation sites is 2. The van der Waals surface area contributed by atoms with E-state index in [1.54, 1.807) is 19.2 Å². The van der Waals surface area contributed by atoms with Gasteiger partial charge in [-0.3, -0.25) is 0 Å². The van der Waals surface area contributed by atoms with Crippen LogP contribution in [0.25, 0.3) is 0 Å². The van der Waals surface area contributed by atoms with Crippen LogP contribution in [0.15, 0.2) is 41.6 Å². The quantitative estimate of drug-likeness (QED) is 0.314. The Balaban J connectivity index is 2.02. The normalized spacial score (nSPS) is 10.7. The Morgan fingerprint density at radius 2 is 1.76 bits per heavy atom. The first-order valence-electron chi connectivity index (χ1n) is 7.72. The molecular formula is C18H20ClNO5. The van der Waals surface area contributed by atoms with E-state index >= 15 is 0 Å². The lowest BCUT2D eigenvalue weighted by atomic mass is 10.2. The molecule has 2 aromatic rings. The van der Waals surface area contributed by atoms with Crippen LogP contribution in [0.4, 0.5) is 0 Å². The van der Waals surface area contributed by atoms with Crippen LogP contribution in [0.5, 0.6) is 23.0 Å². The van der Waals surface area contributed by atoms with Crippen molar-refractivity contribution in [2.24, 2.45) is 5.16 Å². The Labute approximate surface area is 151 Å². The summed E-state index contributed by atoms with van der Waals surface area (Å²) in [6, 6.07) is 10.7. The molecule has 7 heteroatoms. The molecule has 0 bridgehead atoms. The van der Waals surface area contributed by atoms with Crippen molar-refractivity contribution in [2.75, 3.05) is 26.9 Å². The van der Waals surface area contributed by atoms with E-state index in [4.69, 9.17) is 35.8 Å². The monoisotopic (exact) mass is 365 g/mol. The third kappa shape index (κ3) is 5.19. The average molecular weight is 366 g/mol. The summed E-state index contributed by atoms with van der Waals surface area (Å²) in [6.45, 7) is 2.88. The molecule has 0 spiro atoms. The Kier molecular flexibility index (Phi) is 7.22. The van der Waals surface area contributed by atoms with Crippen LogP contribution in [0.1, 0.15) is 12.5 Å². The van der Waals surface area contributed by atoms with Crippen molar-refractivity contribution < 1.29 is 24.2 Å². The molecule has 0 radical (unpaired) electrons. The summed E-state index contributed by atoms with van der Waals surface area (Å²) in [5.74, 6) is 2.19. The SMILES string of the molecule is CCOc1cc(C=NO)cc(Cl)c1OCCOc1ccccc1OC. The molecule has 0 atom stereocenters. The summed E-state index contributed by atoms with van der Waals surface area (Å²) in [4.78, 5) is 0. The van der Waals surface area contributed by atoms with Crippen LogP contribution in [-0.2, 0) is 0 Å². The molecule has 0 saturated carbocycles. The summed E-state index contributed by atoms with van der Waals surface area (Å²) in [6.07, 6.45) is 1.27. The smallest absolute Gasteiger partial charge is 0.179 e. The Morgan fingerprint density at radius 3 is 2.44 bits per heavy atom. The van der Waals surface area contributed by atoms with Gasteiger partial charge in [0.15, 0.2) is 23.0 Å². The third-order valence-corrected chi connectivity index (χ3v) is 3.48. The Hall–Kier alpha value is -2.60. The largest absolute Gasteiger partial charge is 0.493 e. The number of nitrogens with zero attached hydrogens (tertiary/aromatic N) is 1. The number of ether oxygens (including phenoxy) is 4. The van der Waals surface area contributed by atoms with Crippen molar-refractivity contribution in [1.29, 1.82) is 0 Å². The number of methoxy groups -OCH3 is 1. The van der Waals surface area contributed by atoms with E-state index < -0.39 is 0 Å². The molecule has 0 amide bonds. The van der Waals surface area contributed by atoms with Crippen molar-refractivity contribution in [3.05, 3.63) is 47.0 Å². The standard InChI is InChI=1S/C18H20ClNO5/c1-3-23-17-11-13(12-20-21)10-14(19)18(17)25-9-8-24-16-7-5-4-6-15(16)22-2/h4-7,10-12,21H,3,8-9H2,1-2H3. The van der Waals surface area contributed by atoms with Crippen LogP contribution in [0.2, 0.25) is 5.02 Å². The molecule has 2 aromatic carbocycles. The highest BCUT2D eigenvalue weighted by molar-refractivity contribution is 6.32. The molecule has 134 valence electrons. The molecule has 0 aliphatic heterocycles. The van der Waals surface area contributed by atoms with Gasteiger partial charge in [-0.25, -0.2) is 0 Å². The second-order valence-electron chi connectivity index (χ2n) is 4.86. The van der Waals surface area contributed by atoms with Crippen LogP contribution < -0.4 is 18.9 Å². The van der Waals surface area contributed by atoms with Crippen molar-refractivity contribution in [2.45, 2.75) is 6.92 Å². The molecule has 2 rings (SSSR count). The lowest BCUT2D eigenvalue weighted by molar-refractivity contribution is 0.203. The Bertz CT molecular complexity index is 721. The average Bonchev–Trinajstić information content (AvgIpc) is 2.61. The molecule has 0 aromatic heterocycles. The van der Waals surface area contributed by atoms with E-state index in [2.05, 4.69) is 5.16 Å². The minimum absolute atomic E-state index is 0.269. The van der Waals surface area contributed by atoms with Gasteiger partial charge >= 0.3 is 0 Å². The number of oxime groups is 1. The third-order valence-electron chi connectivity index (χ3n) is 3.19. The summed E-state index contributed by atoms with van der Waals surface area (Å²) in [5.41, 5.74) is 0.605. The molecule has 0 saturated heterocycles. The molecule has 6 nitrogen and oxygen atoms in total. The van der Waals surface area contributed by atoms with E-state index in [0.717, 1.165) is 0 Å². The van der Waals surface area contributed by atoms with Crippen molar-refractivity contribution in [3.63, 3.8) is 0 Å². The number of hydrogen-bond acceptors (Lipinski definition) is 6. The van der Waals surface area contributed by atoms with Gasteiger partial charge in [0, 0.05) is 5.56 Å². The van der Waals surface area contributed by atoms with Gasteiger partial charge in [0.1, 0.15) is 13.2 Å². The zero-order valence-electron chi connectivity index (χ0n) is 14.1. The zero-order chi connectivity index (χ0) is 18.1. The molecule has 0 fully saturated rings. The first-order chi connectivity index (χ1) is 12.2. The first kappa shape index (κ1) is 18.7. The maximum Gasteiger partial charge on any atom is 0.179 e. The van der Waals surface area contributed by atoms with Gasteiger partial charge in [-0.15, -0.1) is 0 Å². The topological polar surface area (TPSA) is 69.5 Å². The lowest BCUT2D eigenvalue weighted by Gasteiger charge is -2.15. The molecule has 25 heavy (non-hydrogen) atoms. The van der Waals surface area contributed by atoms with Crippen LogP contribution >= 0.6 is 11.6 Å². The van der Waals surface area contributed by atoms with E-state index in [9.17, 15) is 0 Å². The number of hydrogen-bond donors (Lipinski definition) is 1. The summed E-state index contributed by atoms with van der Waals surface area (Å²) in [7, 11) is 1.59.